The summed E-state index contributed by atoms with van der Waals surface area (Å²) in [4.78, 5) is 14.4. The van der Waals surface area contributed by atoms with Crippen molar-refractivity contribution in [1.29, 1.82) is 0 Å². The fourth-order valence-corrected chi connectivity index (χ4v) is 2.19. The van der Waals surface area contributed by atoms with Gasteiger partial charge in [0.2, 0.25) is 0 Å². The van der Waals surface area contributed by atoms with E-state index in [1.54, 1.807) is 30.0 Å². The minimum Gasteiger partial charge on any atom is -0.508 e. The molecule has 2 aromatic rings. The Hall–Kier alpha value is -2.49. The number of nitrogens with zero attached hydrogens (tertiary/aromatic N) is 1. The zero-order valence-corrected chi connectivity index (χ0v) is 12.3. The molecule has 4 heteroatoms. The van der Waals surface area contributed by atoms with Crippen LogP contribution in [0, 0.1) is 6.92 Å². The van der Waals surface area contributed by atoms with Gasteiger partial charge in [0.25, 0.3) is 5.91 Å². The van der Waals surface area contributed by atoms with Crippen molar-refractivity contribution in [3.05, 3.63) is 53.6 Å². The Labute approximate surface area is 124 Å². The predicted octanol–water partition coefficient (Wildman–Crippen LogP) is 3.34. The molecular formula is C17H20N2O2. The molecule has 0 saturated carbocycles. The number of para-hydroxylation sites is 2. The van der Waals surface area contributed by atoms with E-state index in [-0.39, 0.29) is 11.7 Å². The summed E-state index contributed by atoms with van der Waals surface area (Å²) < 4.78 is 0. The second-order valence-corrected chi connectivity index (χ2v) is 5.02. The molecule has 0 atom stereocenters. The molecule has 0 fully saturated rings. The van der Waals surface area contributed by atoms with Crippen molar-refractivity contribution in [3.63, 3.8) is 0 Å². The van der Waals surface area contributed by atoms with E-state index in [2.05, 4.69) is 0 Å². The van der Waals surface area contributed by atoms with E-state index >= 15 is 0 Å². The fraction of sp³-hybridized carbons (Fsp3) is 0.235. The van der Waals surface area contributed by atoms with E-state index in [0.29, 0.717) is 23.5 Å². The lowest BCUT2D eigenvalue weighted by Gasteiger charge is -2.24. The van der Waals surface area contributed by atoms with Crippen LogP contribution in [0.1, 0.15) is 29.3 Å². The highest BCUT2D eigenvalue weighted by Crippen LogP contribution is 2.26. The summed E-state index contributed by atoms with van der Waals surface area (Å²) in [7, 11) is 0. The van der Waals surface area contributed by atoms with Crippen LogP contribution in [-0.4, -0.2) is 17.6 Å². The molecule has 0 unspecified atom stereocenters. The van der Waals surface area contributed by atoms with Crippen LogP contribution in [0.5, 0.6) is 5.75 Å². The maximum Gasteiger partial charge on any atom is 0.258 e. The van der Waals surface area contributed by atoms with Gasteiger partial charge in [-0.25, -0.2) is 0 Å². The van der Waals surface area contributed by atoms with Gasteiger partial charge in [-0.2, -0.15) is 0 Å². The molecule has 0 aliphatic heterocycles. The number of anilines is 2. The second-order valence-electron chi connectivity index (χ2n) is 5.02. The molecular weight excluding hydrogens is 264 g/mol. The Morgan fingerprint density at radius 3 is 2.57 bits per heavy atom. The molecule has 110 valence electrons. The number of nitrogen functional groups attached to an aromatic ring is 1. The Balaban J connectivity index is 2.40. The van der Waals surface area contributed by atoms with Gasteiger partial charge in [-0.1, -0.05) is 25.1 Å². The number of carbonyl (C=O) groups is 1. The molecule has 2 aromatic carbocycles. The van der Waals surface area contributed by atoms with Gasteiger partial charge in [0, 0.05) is 12.1 Å². The van der Waals surface area contributed by atoms with Crippen LogP contribution in [0.4, 0.5) is 11.4 Å². The summed E-state index contributed by atoms with van der Waals surface area (Å²) in [5.41, 5.74) is 8.44. The van der Waals surface area contributed by atoms with Crippen LogP contribution < -0.4 is 10.6 Å². The lowest BCUT2D eigenvalue weighted by molar-refractivity contribution is 0.0986. The fourth-order valence-electron chi connectivity index (χ4n) is 2.19. The zero-order valence-electron chi connectivity index (χ0n) is 12.3. The minimum atomic E-state index is -0.162. The summed E-state index contributed by atoms with van der Waals surface area (Å²) in [5, 5.41) is 9.79. The average Bonchev–Trinajstić information content (AvgIpc) is 2.48. The van der Waals surface area contributed by atoms with Gasteiger partial charge < -0.3 is 15.7 Å². The summed E-state index contributed by atoms with van der Waals surface area (Å²) in [6.45, 7) is 4.37. The topological polar surface area (TPSA) is 66.6 Å². The van der Waals surface area contributed by atoms with Crippen molar-refractivity contribution >= 4 is 17.3 Å². The Bertz CT molecular complexity index is 653. The maximum absolute atomic E-state index is 12.7. The Morgan fingerprint density at radius 2 is 1.95 bits per heavy atom. The van der Waals surface area contributed by atoms with Crippen molar-refractivity contribution in [1.82, 2.24) is 0 Å². The van der Waals surface area contributed by atoms with Crippen molar-refractivity contribution in [2.75, 3.05) is 17.2 Å². The summed E-state index contributed by atoms with van der Waals surface area (Å²) >= 11 is 0. The van der Waals surface area contributed by atoms with Gasteiger partial charge in [-0.05, 0) is 43.2 Å². The number of phenolic OH excluding ortho intramolecular Hbond substituents is 1. The maximum atomic E-state index is 12.7. The number of rotatable bonds is 4. The van der Waals surface area contributed by atoms with E-state index < -0.39 is 0 Å². The van der Waals surface area contributed by atoms with Gasteiger partial charge >= 0.3 is 0 Å². The number of aryl methyl sites for hydroxylation is 1. The van der Waals surface area contributed by atoms with Crippen LogP contribution in [0.3, 0.4) is 0 Å². The van der Waals surface area contributed by atoms with Gasteiger partial charge in [0.1, 0.15) is 5.75 Å². The normalized spacial score (nSPS) is 10.4. The summed E-state index contributed by atoms with van der Waals surface area (Å²) in [6.07, 6.45) is 0.817. The Kier molecular flexibility index (Phi) is 4.48. The molecule has 21 heavy (non-hydrogen) atoms. The van der Waals surface area contributed by atoms with E-state index in [9.17, 15) is 9.90 Å². The number of phenols is 1. The monoisotopic (exact) mass is 284 g/mol. The van der Waals surface area contributed by atoms with E-state index in [1.807, 2.05) is 25.1 Å². The third-order valence-corrected chi connectivity index (χ3v) is 3.38. The number of nitrogens with two attached hydrogens (primary N) is 1. The number of amides is 1. The largest absolute Gasteiger partial charge is 0.508 e. The molecule has 0 heterocycles. The highest BCUT2D eigenvalue weighted by molar-refractivity contribution is 6.07. The van der Waals surface area contributed by atoms with E-state index in [1.165, 1.54) is 6.07 Å². The number of hydrogen-bond donors (Lipinski definition) is 2. The van der Waals surface area contributed by atoms with Crippen LogP contribution in [0.25, 0.3) is 0 Å². The summed E-state index contributed by atoms with van der Waals surface area (Å²) in [6, 6.07) is 12.3. The highest BCUT2D eigenvalue weighted by atomic mass is 16.3. The first-order valence-corrected chi connectivity index (χ1v) is 7.00. The molecule has 4 nitrogen and oxygen atoms in total. The van der Waals surface area contributed by atoms with Gasteiger partial charge in [0.15, 0.2) is 0 Å². The zero-order chi connectivity index (χ0) is 15.4. The first-order valence-electron chi connectivity index (χ1n) is 7.00. The van der Waals surface area contributed by atoms with Crippen LogP contribution in [-0.2, 0) is 0 Å². The second kappa shape index (κ2) is 6.31. The molecule has 0 radical (unpaired) electrons. The molecule has 2 rings (SSSR count). The number of aromatic hydroxyl groups is 1. The van der Waals surface area contributed by atoms with Crippen molar-refractivity contribution < 1.29 is 9.90 Å². The highest BCUT2D eigenvalue weighted by Gasteiger charge is 2.19. The molecule has 0 aliphatic carbocycles. The molecule has 3 N–H and O–H groups in total. The van der Waals surface area contributed by atoms with Crippen LogP contribution in [0.2, 0.25) is 0 Å². The van der Waals surface area contributed by atoms with Gasteiger partial charge in [-0.3, -0.25) is 4.79 Å². The first-order chi connectivity index (χ1) is 10.0. The van der Waals surface area contributed by atoms with Crippen molar-refractivity contribution in [3.8, 4) is 5.75 Å². The lowest BCUT2D eigenvalue weighted by atomic mass is 10.1. The molecule has 0 aliphatic rings. The van der Waals surface area contributed by atoms with E-state index in [0.717, 1.165) is 12.0 Å². The number of benzene rings is 2. The molecule has 1 amide bonds. The van der Waals surface area contributed by atoms with Gasteiger partial charge in [-0.15, -0.1) is 0 Å². The Morgan fingerprint density at radius 1 is 1.24 bits per heavy atom. The summed E-state index contributed by atoms with van der Waals surface area (Å²) in [5.74, 6) is -0.0385. The third-order valence-electron chi connectivity index (χ3n) is 3.38. The quantitative estimate of drug-likeness (QED) is 0.846. The standard InChI is InChI=1S/C17H20N2O2/c1-3-10-19(15-7-5-4-6-14(15)18)17(21)13-9-8-12(2)16(20)11-13/h4-9,11,20H,3,10,18H2,1-2H3. The van der Waals surface area contributed by atoms with Crippen LogP contribution >= 0.6 is 0 Å². The number of hydrogen-bond acceptors (Lipinski definition) is 3. The lowest BCUT2D eigenvalue weighted by Crippen LogP contribution is -2.32. The van der Waals surface area contributed by atoms with Crippen molar-refractivity contribution in [2.45, 2.75) is 20.3 Å². The molecule has 0 spiro atoms. The minimum absolute atomic E-state index is 0.123. The van der Waals surface area contributed by atoms with E-state index in [4.69, 9.17) is 5.73 Å². The average molecular weight is 284 g/mol. The molecule has 0 saturated heterocycles. The van der Waals surface area contributed by atoms with Crippen molar-refractivity contribution in [2.24, 2.45) is 0 Å². The predicted molar refractivity (Wildman–Crippen MR) is 85.7 cm³/mol. The first kappa shape index (κ1) is 14.9. The SMILES string of the molecule is CCCN(C(=O)c1ccc(C)c(O)c1)c1ccccc1N. The number of carbonyl (C=O) groups excluding carboxylic acids is 1. The molecule has 0 aromatic heterocycles. The van der Waals surface area contributed by atoms with Crippen LogP contribution in [0.15, 0.2) is 42.5 Å². The van der Waals surface area contributed by atoms with Gasteiger partial charge in [0.05, 0.1) is 11.4 Å². The third kappa shape index (κ3) is 3.16. The smallest absolute Gasteiger partial charge is 0.258 e. The molecule has 0 bridgehead atoms.